The Morgan fingerprint density at radius 3 is 2.97 bits per heavy atom. The number of rotatable bonds is 3. The fourth-order valence-electron chi connectivity index (χ4n) is 3.99. The van der Waals surface area contributed by atoms with Crippen LogP contribution >= 0.6 is 12.4 Å². The Hall–Kier alpha value is -3.19. The molecule has 0 saturated carbocycles. The molecule has 4 aromatic rings. The summed E-state index contributed by atoms with van der Waals surface area (Å²) >= 11 is 0. The van der Waals surface area contributed by atoms with Gasteiger partial charge in [-0.05, 0) is 30.5 Å². The van der Waals surface area contributed by atoms with Gasteiger partial charge >= 0.3 is 0 Å². The lowest BCUT2D eigenvalue weighted by molar-refractivity contribution is 0.172. The first-order chi connectivity index (χ1) is 14.6. The van der Waals surface area contributed by atoms with Gasteiger partial charge in [0.1, 0.15) is 17.8 Å². The van der Waals surface area contributed by atoms with Crippen molar-refractivity contribution in [2.75, 3.05) is 26.0 Å². The van der Waals surface area contributed by atoms with Gasteiger partial charge in [-0.3, -0.25) is 0 Å². The average Bonchev–Trinajstić information content (AvgIpc) is 3.45. The number of methoxy groups -OCH3 is 1. The third-order valence-electron chi connectivity index (χ3n) is 5.48. The molecule has 0 radical (unpaired) electrons. The predicted molar refractivity (Wildman–Crippen MR) is 121 cm³/mol. The summed E-state index contributed by atoms with van der Waals surface area (Å²) < 4.78 is 9.17. The smallest absolute Gasteiger partial charge is 0.164 e. The van der Waals surface area contributed by atoms with Crippen molar-refractivity contribution in [3.05, 3.63) is 42.1 Å². The number of benzene rings is 1. The summed E-state index contributed by atoms with van der Waals surface area (Å²) in [4.78, 5) is 13.0. The number of nitrogens with zero attached hydrogens (tertiary/aromatic N) is 6. The van der Waals surface area contributed by atoms with Gasteiger partial charge in [-0.1, -0.05) is 5.92 Å². The first kappa shape index (κ1) is 21.1. The van der Waals surface area contributed by atoms with E-state index in [1.807, 2.05) is 34.5 Å². The van der Waals surface area contributed by atoms with E-state index in [1.54, 1.807) is 13.4 Å². The van der Waals surface area contributed by atoms with Crippen LogP contribution < -0.4 is 11.1 Å². The maximum absolute atomic E-state index is 6.17. The second-order valence-electron chi connectivity index (χ2n) is 7.51. The van der Waals surface area contributed by atoms with Gasteiger partial charge in [-0.2, -0.15) is 5.10 Å². The number of aromatic nitrogens is 6. The van der Waals surface area contributed by atoms with Crippen LogP contribution in [0, 0.1) is 11.8 Å². The molecule has 0 spiro atoms. The summed E-state index contributed by atoms with van der Waals surface area (Å²) in [7, 11) is 3.68. The monoisotopic (exact) mass is 438 g/mol. The Kier molecular flexibility index (Phi) is 5.78. The maximum Gasteiger partial charge on any atom is 0.164 e. The summed E-state index contributed by atoms with van der Waals surface area (Å²) in [6, 6.07) is 6.41. The van der Waals surface area contributed by atoms with E-state index in [0.29, 0.717) is 29.2 Å². The summed E-state index contributed by atoms with van der Waals surface area (Å²) in [6.07, 6.45) is 4.16. The Labute approximate surface area is 185 Å². The van der Waals surface area contributed by atoms with Gasteiger partial charge in [0.05, 0.1) is 35.4 Å². The molecule has 9 nitrogen and oxygen atoms in total. The zero-order chi connectivity index (χ0) is 20.7. The van der Waals surface area contributed by atoms with Crippen LogP contribution in [0.3, 0.4) is 0 Å². The van der Waals surface area contributed by atoms with Crippen molar-refractivity contribution in [1.29, 1.82) is 0 Å². The highest BCUT2D eigenvalue weighted by atomic mass is 35.5. The van der Waals surface area contributed by atoms with E-state index in [-0.39, 0.29) is 24.5 Å². The van der Waals surface area contributed by atoms with Crippen LogP contribution in [0.4, 0.5) is 5.82 Å². The van der Waals surface area contributed by atoms with Crippen molar-refractivity contribution in [1.82, 2.24) is 34.6 Å². The number of anilines is 1. The quantitative estimate of drug-likeness (QED) is 0.468. The number of nitrogens with one attached hydrogen (secondary N) is 1. The highest BCUT2D eigenvalue weighted by Crippen LogP contribution is 2.27. The summed E-state index contributed by atoms with van der Waals surface area (Å²) in [5, 5.41) is 8.93. The Morgan fingerprint density at radius 2 is 2.13 bits per heavy atom. The molecule has 4 heterocycles. The van der Waals surface area contributed by atoms with E-state index < -0.39 is 0 Å². The lowest BCUT2D eigenvalue weighted by Gasteiger charge is -2.10. The number of aryl methyl sites for hydroxylation is 1. The van der Waals surface area contributed by atoms with Gasteiger partial charge in [0.2, 0.25) is 0 Å². The van der Waals surface area contributed by atoms with Crippen LogP contribution in [0.1, 0.15) is 23.7 Å². The van der Waals surface area contributed by atoms with Gasteiger partial charge in [-0.15, -0.1) is 12.4 Å². The van der Waals surface area contributed by atoms with Crippen LogP contribution in [0.25, 0.3) is 22.1 Å². The molecule has 1 aliphatic rings. The van der Waals surface area contributed by atoms with Gasteiger partial charge in [0.25, 0.3) is 0 Å². The topological polar surface area (TPSA) is 109 Å². The molecule has 1 aromatic carbocycles. The molecule has 0 amide bonds. The van der Waals surface area contributed by atoms with Gasteiger partial charge in [0, 0.05) is 32.3 Å². The number of hydrogen-bond acceptors (Lipinski definition) is 7. The minimum atomic E-state index is 0. The molecule has 0 bridgehead atoms. The van der Waals surface area contributed by atoms with Crippen LogP contribution in [0.15, 0.2) is 30.9 Å². The molecule has 31 heavy (non-hydrogen) atoms. The number of hydrogen-bond donors (Lipinski definition) is 2. The van der Waals surface area contributed by atoms with Crippen molar-refractivity contribution in [3.8, 4) is 11.8 Å². The molecule has 1 saturated heterocycles. The molecule has 3 N–H and O–H groups in total. The van der Waals surface area contributed by atoms with Crippen molar-refractivity contribution < 1.29 is 4.74 Å². The highest BCUT2D eigenvalue weighted by Gasteiger charge is 2.28. The molecular formula is C21H23ClN8O. The zero-order valence-electron chi connectivity index (χ0n) is 17.2. The number of imidazole rings is 1. The Balaban J connectivity index is 0.00000231. The summed E-state index contributed by atoms with van der Waals surface area (Å²) in [5.41, 5.74) is 10.3. The van der Waals surface area contributed by atoms with E-state index in [4.69, 9.17) is 15.6 Å². The normalized spacial score (nSPS) is 18.1. The second kappa shape index (κ2) is 8.51. The highest BCUT2D eigenvalue weighted by molar-refractivity contribution is 5.90. The van der Waals surface area contributed by atoms with Crippen LogP contribution in [0.2, 0.25) is 0 Å². The second-order valence-corrected chi connectivity index (χ2v) is 7.51. The Bertz CT molecular complexity index is 1300. The number of ether oxygens (including phenoxy) is 1. The van der Waals surface area contributed by atoms with Crippen molar-refractivity contribution in [2.45, 2.75) is 18.5 Å². The lowest BCUT2D eigenvalue weighted by atomic mass is 10.2. The van der Waals surface area contributed by atoms with Crippen LogP contribution in [-0.4, -0.2) is 55.6 Å². The molecule has 3 aromatic heterocycles. The van der Waals surface area contributed by atoms with Crippen molar-refractivity contribution in [2.24, 2.45) is 7.05 Å². The third kappa shape index (κ3) is 3.81. The van der Waals surface area contributed by atoms with Crippen molar-refractivity contribution >= 4 is 40.3 Å². The van der Waals surface area contributed by atoms with Crippen LogP contribution in [0.5, 0.6) is 0 Å². The minimum absolute atomic E-state index is 0. The number of halogens is 1. The first-order valence-electron chi connectivity index (χ1n) is 9.78. The van der Waals surface area contributed by atoms with Gasteiger partial charge < -0.3 is 20.4 Å². The molecule has 1 aliphatic heterocycles. The molecule has 10 heteroatoms. The van der Waals surface area contributed by atoms with E-state index in [0.717, 1.165) is 29.6 Å². The lowest BCUT2D eigenvalue weighted by Crippen LogP contribution is -2.25. The van der Waals surface area contributed by atoms with E-state index in [9.17, 15) is 0 Å². The molecule has 0 unspecified atom stereocenters. The van der Waals surface area contributed by atoms with Crippen molar-refractivity contribution in [3.63, 3.8) is 0 Å². The standard InChI is InChI=1S/C21H22N8O.ClH/c1-28-12-26-17-7-13(4-6-18(17)28)3-5-16-19-20(22)24-11-25-21(19)29(27-16)15-8-14(10-30-2)23-9-15;/h4,6-7,11-12,14-15,23H,8-10H2,1-2H3,(H2,22,24,25);1H/t14-,15+;/m1./s1. The van der Waals surface area contributed by atoms with E-state index in [1.165, 1.54) is 6.33 Å². The van der Waals surface area contributed by atoms with E-state index in [2.05, 4.69) is 32.1 Å². The number of nitrogens with two attached hydrogens (primary N) is 1. The number of nitrogen functional groups attached to an aromatic ring is 1. The summed E-state index contributed by atoms with van der Waals surface area (Å²) in [5.74, 6) is 6.75. The fourth-order valence-corrected chi connectivity index (χ4v) is 3.99. The number of fused-ring (bicyclic) bond motifs is 2. The zero-order valence-corrected chi connectivity index (χ0v) is 18.1. The van der Waals surface area contributed by atoms with Gasteiger partial charge in [0.15, 0.2) is 5.65 Å². The van der Waals surface area contributed by atoms with Crippen LogP contribution in [-0.2, 0) is 11.8 Å². The molecule has 1 fully saturated rings. The molecule has 5 rings (SSSR count). The molecule has 160 valence electrons. The maximum atomic E-state index is 6.17. The average molecular weight is 439 g/mol. The third-order valence-corrected chi connectivity index (χ3v) is 5.48. The molecule has 2 atom stereocenters. The predicted octanol–water partition coefficient (Wildman–Crippen LogP) is 1.67. The summed E-state index contributed by atoms with van der Waals surface area (Å²) in [6.45, 7) is 1.45. The van der Waals surface area contributed by atoms with E-state index >= 15 is 0 Å². The first-order valence-corrected chi connectivity index (χ1v) is 9.78. The fraction of sp³-hybridized carbons (Fsp3) is 0.333. The largest absolute Gasteiger partial charge is 0.383 e. The van der Waals surface area contributed by atoms with Gasteiger partial charge in [-0.25, -0.2) is 19.6 Å². The minimum Gasteiger partial charge on any atom is -0.383 e. The SMILES string of the molecule is COC[C@H]1C[C@H](n2nc(C#Cc3ccc4c(c3)ncn4C)c3c(N)ncnc32)CN1.Cl. The molecular weight excluding hydrogens is 416 g/mol. The Morgan fingerprint density at radius 1 is 1.26 bits per heavy atom. The molecule has 0 aliphatic carbocycles.